The zero-order valence-electron chi connectivity index (χ0n) is 9.56. The minimum Gasteiger partial charge on any atom is -0.382 e. The van der Waals surface area contributed by atoms with Crippen molar-refractivity contribution >= 4 is 15.7 Å². The summed E-state index contributed by atoms with van der Waals surface area (Å²) in [5, 5.41) is 6.72. The quantitative estimate of drug-likeness (QED) is 0.843. The van der Waals surface area contributed by atoms with Crippen molar-refractivity contribution in [3.05, 3.63) is 29.8 Å². The van der Waals surface area contributed by atoms with E-state index in [4.69, 9.17) is 5.73 Å². The van der Waals surface area contributed by atoms with Crippen molar-refractivity contribution in [3.8, 4) is 11.3 Å². The van der Waals surface area contributed by atoms with Crippen molar-refractivity contribution in [2.45, 2.75) is 11.8 Å². The van der Waals surface area contributed by atoms with Crippen LogP contribution in [0.25, 0.3) is 11.3 Å². The Balaban J connectivity index is 2.46. The minimum absolute atomic E-state index is 0.298. The maximum Gasteiger partial charge on any atom is 0.175 e. The molecule has 0 radical (unpaired) electrons. The molecule has 0 bridgehead atoms. The molecule has 3 N–H and O–H groups in total. The molecule has 2 aromatic rings. The molecule has 0 aliphatic rings. The van der Waals surface area contributed by atoms with Gasteiger partial charge in [-0.2, -0.15) is 5.10 Å². The van der Waals surface area contributed by atoms with Gasteiger partial charge < -0.3 is 5.73 Å². The van der Waals surface area contributed by atoms with Gasteiger partial charge in [-0.05, 0) is 24.6 Å². The Morgan fingerprint density at radius 2 is 1.82 bits per heavy atom. The van der Waals surface area contributed by atoms with Crippen LogP contribution in [0, 0.1) is 6.92 Å². The van der Waals surface area contributed by atoms with Crippen LogP contribution >= 0.6 is 0 Å². The van der Waals surface area contributed by atoms with E-state index in [1.165, 1.54) is 6.26 Å². The van der Waals surface area contributed by atoms with Gasteiger partial charge in [0.05, 0.1) is 10.6 Å². The zero-order valence-corrected chi connectivity index (χ0v) is 10.4. The first kappa shape index (κ1) is 11.7. The third-order valence-corrected chi connectivity index (χ3v) is 3.75. The fourth-order valence-corrected chi connectivity index (χ4v) is 2.19. The van der Waals surface area contributed by atoms with Gasteiger partial charge in [-0.15, -0.1) is 0 Å². The van der Waals surface area contributed by atoms with E-state index in [1.54, 1.807) is 24.3 Å². The van der Waals surface area contributed by atoms with Gasteiger partial charge in [-0.25, -0.2) is 8.42 Å². The van der Waals surface area contributed by atoms with Gasteiger partial charge in [0.2, 0.25) is 0 Å². The van der Waals surface area contributed by atoms with E-state index in [-0.39, 0.29) is 0 Å². The Bertz CT molecular complexity index is 642. The summed E-state index contributed by atoms with van der Waals surface area (Å²) in [6, 6.07) is 6.61. The van der Waals surface area contributed by atoms with E-state index in [9.17, 15) is 8.42 Å². The highest BCUT2D eigenvalue weighted by atomic mass is 32.2. The lowest BCUT2D eigenvalue weighted by molar-refractivity contribution is 0.602. The normalized spacial score (nSPS) is 11.6. The van der Waals surface area contributed by atoms with Crippen molar-refractivity contribution in [1.29, 1.82) is 0 Å². The summed E-state index contributed by atoms with van der Waals surface area (Å²) in [7, 11) is -3.16. The predicted molar refractivity (Wildman–Crippen MR) is 66.3 cm³/mol. The van der Waals surface area contributed by atoms with Crippen molar-refractivity contribution in [2.24, 2.45) is 0 Å². The largest absolute Gasteiger partial charge is 0.382 e. The first-order valence-electron chi connectivity index (χ1n) is 5.00. The topological polar surface area (TPSA) is 88.8 Å². The van der Waals surface area contributed by atoms with Crippen LogP contribution in [-0.2, 0) is 9.84 Å². The monoisotopic (exact) mass is 251 g/mol. The lowest BCUT2D eigenvalue weighted by atomic mass is 10.1. The maximum absolute atomic E-state index is 11.3. The van der Waals surface area contributed by atoms with Crippen LogP contribution in [-0.4, -0.2) is 24.9 Å². The SMILES string of the molecule is Cc1c(N)n[nH]c1-c1ccc(S(C)(=O)=O)cc1. The summed E-state index contributed by atoms with van der Waals surface area (Å²) >= 11 is 0. The summed E-state index contributed by atoms with van der Waals surface area (Å²) in [4.78, 5) is 0.298. The Morgan fingerprint density at radius 3 is 2.24 bits per heavy atom. The van der Waals surface area contributed by atoms with Gasteiger partial charge >= 0.3 is 0 Å². The maximum atomic E-state index is 11.3. The Morgan fingerprint density at radius 1 is 1.24 bits per heavy atom. The number of nitrogen functional groups attached to an aromatic ring is 1. The van der Waals surface area contributed by atoms with Crippen LogP contribution in [0.4, 0.5) is 5.82 Å². The molecule has 6 heteroatoms. The third-order valence-electron chi connectivity index (χ3n) is 2.62. The second-order valence-electron chi connectivity index (χ2n) is 3.91. The van der Waals surface area contributed by atoms with Crippen molar-refractivity contribution in [3.63, 3.8) is 0 Å². The molecule has 0 spiro atoms. The predicted octanol–water partition coefficient (Wildman–Crippen LogP) is 1.37. The van der Waals surface area contributed by atoms with Crippen LogP contribution in [0.3, 0.4) is 0 Å². The molecule has 0 aliphatic heterocycles. The van der Waals surface area contributed by atoms with E-state index in [2.05, 4.69) is 10.2 Å². The van der Waals surface area contributed by atoms with E-state index in [0.717, 1.165) is 16.8 Å². The third kappa shape index (κ3) is 2.16. The number of nitrogens with one attached hydrogen (secondary N) is 1. The molecule has 17 heavy (non-hydrogen) atoms. The molecule has 1 aromatic heterocycles. The van der Waals surface area contributed by atoms with Gasteiger partial charge in [0.15, 0.2) is 9.84 Å². The van der Waals surface area contributed by atoms with Crippen molar-refractivity contribution < 1.29 is 8.42 Å². The molecule has 0 amide bonds. The highest BCUT2D eigenvalue weighted by Gasteiger charge is 2.10. The number of rotatable bonds is 2. The molecule has 0 unspecified atom stereocenters. The number of aromatic nitrogens is 2. The van der Waals surface area contributed by atoms with Crippen molar-refractivity contribution in [1.82, 2.24) is 10.2 Å². The van der Waals surface area contributed by atoms with E-state index in [1.807, 2.05) is 6.92 Å². The average molecular weight is 251 g/mol. The van der Waals surface area contributed by atoms with Crippen LogP contribution in [0.1, 0.15) is 5.56 Å². The van der Waals surface area contributed by atoms with E-state index in [0.29, 0.717) is 10.7 Å². The van der Waals surface area contributed by atoms with Gasteiger partial charge in [0, 0.05) is 11.8 Å². The number of nitrogens with zero attached hydrogens (tertiary/aromatic N) is 1. The molecule has 5 nitrogen and oxygen atoms in total. The standard InChI is InChI=1S/C11H13N3O2S/c1-7-10(13-14-11(7)12)8-3-5-9(6-4-8)17(2,15)16/h3-6H,1-2H3,(H3,12,13,14). The van der Waals surface area contributed by atoms with Crippen molar-refractivity contribution in [2.75, 3.05) is 12.0 Å². The zero-order chi connectivity index (χ0) is 12.6. The number of anilines is 1. The lowest BCUT2D eigenvalue weighted by Gasteiger charge is -2.02. The van der Waals surface area contributed by atoms with E-state index < -0.39 is 9.84 Å². The highest BCUT2D eigenvalue weighted by Crippen LogP contribution is 2.25. The molecule has 0 saturated heterocycles. The number of H-pyrrole nitrogens is 1. The highest BCUT2D eigenvalue weighted by molar-refractivity contribution is 7.90. The summed E-state index contributed by atoms with van der Waals surface area (Å²) in [5.41, 5.74) is 8.17. The lowest BCUT2D eigenvalue weighted by Crippen LogP contribution is -1.96. The molecule has 2 rings (SSSR count). The Labute approximate surface area is 99.6 Å². The van der Waals surface area contributed by atoms with Gasteiger partial charge in [0.25, 0.3) is 0 Å². The fraction of sp³-hybridized carbons (Fsp3) is 0.182. The molecule has 0 atom stereocenters. The first-order valence-corrected chi connectivity index (χ1v) is 6.89. The average Bonchev–Trinajstić information content (AvgIpc) is 2.59. The summed E-state index contributed by atoms with van der Waals surface area (Å²) in [6.07, 6.45) is 1.18. The Kier molecular flexibility index (Phi) is 2.66. The summed E-state index contributed by atoms with van der Waals surface area (Å²) in [6.45, 7) is 1.86. The second-order valence-corrected chi connectivity index (χ2v) is 5.92. The minimum atomic E-state index is -3.16. The smallest absolute Gasteiger partial charge is 0.175 e. The van der Waals surface area contributed by atoms with Crippen LogP contribution in [0.5, 0.6) is 0 Å². The number of nitrogens with two attached hydrogens (primary N) is 1. The van der Waals surface area contributed by atoms with Crippen LogP contribution < -0.4 is 5.73 Å². The number of benzene rings is 1. The molecule has 90 valence electrons. The number of sulfone groups is 1. The fourth-order valence-electron chi connectivity index (χ4n) is 1.56. The molecule has 0 saturated carbocycles. The number of hydrogen-bond acceptors (Lipinski definition) is 4. The van der Waals surface area contributed by atoms with Gasteiger partial charge in [0.1, 0.15) is 5.82 Å². The Hall–Kier alpha value is -1.82. The molecule has 0 fully saturated rings. The number of hydrogen-bond donors (Lipinski definition) is 2. The van der Waals surface area contributed by atoms with Gasteiger partial charge in [-0.3, -0.25) is 5.10 Å². The first-order chi connectivity index (χ1) is 7.89. The van der Waals surface area contributed by atoms with E-state index >= 15 is 0 Å². The molecule has 1 aromatic carbocycles. The van der Waals surface area contributed by atoms with Crippen LogP contribution in [0.15, 0.2) is 29.2 Å². The number of aromatic amines is 1. The summed E-state index contributed by atoms with van der Waals surface area (Å²) in [5.74, 6) is 0.451. The molecular weight excluding hydrogens is 238 g/mol. The molecule has 0 aliphatic carbocycles. The van der Waals surface area contributed by atoms with Crippen LogP contribution in [0.2, 0.25) is 0 Å². The second kappa shape index (κ2) is 3.89. The summed E-state index contributed by atoms with van der Waals surface area (Å²) < 4.78 is 22.6. The molecule has 1 heterocycles. The molecular formula is C11H13N3O2S. The van der Waals surface area contributed by atoms with Gasteiger partial charge in [-0.1, -0.05) is 12.1 Å².